The Morgan fingerprint density at radius 2 is 2.11 bits per heavy atom. The molecule has 0 bridgehead atoms. The normalized spacial score (nSPS) is 20.5. The molecule has 4 rings (SSSR count). The van der Waals surface area contributed by atoms with Crippen LogP contribution in [0.2, 0.25) is 0 Å². The number of hydrogen-bond acceptors (Lipinski definition) is 4. The summed E-state index contributed by atoms with van der Waals surface area (Å²) in [6.07, 6.45) is 6.53. The molecule has 1 fully saturated rings. The first-order valence-corrected chi connectivity index (χ1v) is 10.6. The first-order valence-electron chi connectivity index (χ1n) is 9.80. The van der Waals surface area contributed by atoms with Gasteiger partial charge in [-0.15, -0.1) is 0 Å². The molecule has 0 unspecified atom stereocenters. The van der Waals surface area contributed by atoms with Crippen molar-refractivity contribution in [3.63, 3.8) is 0 Å². The molecule has 5 heteroatoms. The van der Waals surface area contributed by atoms with Crippen molar-refractivity contribution >= 4 is 33.4 Å². The van der Waals surface area contributed by atoms with Gasteiger partial charge < -0.3 is 10.1 Å². The van der Waals surface area contributed by atoms with Crippen molar-refractivity contribution in [3.05, 3.63) is 69.8 Å². The van der Waals surface area contributed by atoms with Crippen LogP contribution in [0, 0.1) is 0 Å². The predicted octanol–water partition coefficient (Wildman–Crippen LogP) is 4.95. The Morgan fingerprint density at radius 3 is 2.93 bits per heavy atom. The van der Waals surface area contributed by atoms with Crippen LogP contribution in [0.4, 0.5) is 5.69 Å². The lowest BCUT2D eigenvalue weighted by Gasteiger charge is -2.23. The summed E-state index contributed by atoms with van der Waals surface area (Å²) < 4.78 is 6.45. The SMILES string of the molecule is COC[C@H]1CCCN1Cc1ccc(N/C=C2\CN=Cc3ccc(Br)cc32)cc1. The van der Waals surface area contributed by atoms with Crippen molar-refractivity contribution in [3.8, 4) is 0 Å². The Balaban J connectivity index is 1.41. The molecule has 1 atom stereocenters. The zero-order chi connectivity index (χ0) is 19.3. The maximum absolute atomic E-state index is 5.36. The Hall–Kier alpha value is -1.95. The highest BCUT2D eigenvalue weighted by atomic mass is 79.9. The van der Waals surface area contributed by atoms with Gasteiger partial charge in [0.1, 0.15) is 0 Å². The van der Waals surface area contributed by atoms with Crippen LogP contribution in [-0.2, 0) is 11.3 Å². The van der Waals surface area contributed by atoms with Crippen LogP contribution in [0.3, 0.4) is 0 Å². The molecule has 0 saturated carbocycles. The average Bonchev–Trinajstić information content (AvgIpc) is 3.14. The molecule has 2 aromatic carbocycles. The Bertz CT molecular complexity index is 876. The predicted molar refractivity (Wildman–Crippen MR) is 120 cm³/mol. The molecule has 0 spiro atoms. The van der Waals surface area contributed by atoms with Crippen molar-refractivity contribution in [1.82, 2.24) is 4.90 Å². The lowest BCUT2D eigenvalue weighted by Crippen LogP contribution is -2.32. The Labute approximate surface area is 175 Å². The summed E-state index contributed by atoms with van der Waals surface area (Å²) in [7, 11) is 1.79. The summed E-state index contributed by atoms with van der Waals surface area (Å²) in [6.45, 7) is 3.68. The minimum Gasteiger partial charge on any atom is -0.383 e. The second kappa shape index (κ2) is 9.03. The number of fused-ring (bicyclic) bond motifs is 1. The molecule has 0 amide bonds. The van der Waals surface area contributed by atoms with Gasteiger partial charge in [-0.05, 0) is 65.9 Å². The molecule has 28 heavy (non-hydrogen) atoms. The number of benzene rings is 2. The van der Waals surface area contributed by atoms with Crippen molar-refractivity contribution in [2.75, 3.05) is 32.1 Å². The Morgan fingerprint density at radius 1 is 1.25 bits per heavy atom. The first-order chi connectivity index (χ1) is 13.7. The summed E-state index contributed by atoms with van der Waals surface area (Å²) in [4.78, 5) is 7.00. The number of aliphatic imine (C=N–C) groups is 1. The van der Waals surface area contributed by atoms with Gasteiger partial charge >= 0.3 is 0 Å². The Kier molecular flexibility index (Phi) is 6.25. The van der Waals surface area contributed by atoms with E-state index in [0.717, 1.165) is 35.4 Å². The van der Waals surface area contributed by atoms with E-state index in [1.165, 1.54) is 29.5 Å². The lowest BCUT2D eigenvalue weighted by molar-refractivity contribution is 0.112. The average molecular weight is 440 g/mol. The molecule has 2 aliphatic rings. The van der Waals surface area contributed by atoms with Crippen molar-refractivity contribution in [1.29, 1.82) is 0 Å². The molecule has 2 aliphatic heterocycles. The molecule has 4 nitrogen and oxygen atoms in total. The standard InChI is InChI=1S/C23H26BrN3O/c1-28-16-22-3-2-10-27(22)15-17-4-8-21(9-5-17)26-14-19-13-25-12-18-6-7-20(24)11-23(18)19/h4-9,11-12,14,22,26H,2-3,10,13,15-16H2,1H3/b19-14+/t22-/m1/s1. The van der Waals surface area contributed by atoms with Gasteiger partial charge in [0.05, 0.1) is 13.2 Å². The third-order valence-corrected chi connectivity index (χ3v) is 5.96. The monoisotopic (exact) mass is 439 g/mol. The van der Waals surface area contributed by atoms with E-state index in [2.05, 4.69) is 79.8 Å². The molecule has 146 valence electrons. The van der Waals surface area contributed by atoms with E-state index in [-0.39, 0.29) is 0 Å². The fourth-order valence-corrected chi connectivity index (χ4v) is 4.33. The van der Waals surface area contributed by atoms with Gasteiger partial charge in [-0.25, -0.2) is 0 Å². The van der Waals surface area contributed by atoms with Crippen LogP contribution in [0.5, 0.6) is 0 Å². The topological polar surface area (TPSA) is 36.9 Å². The van der Waals surface area contributed by atoms with E-state index < -0.39 is 0 Å². The molecule has 0 aromatic heterocycles. The lowest BCUT2D eigenvalue weighted by atomic mass is 9.99. The van der Waals surface area contributed by atoms with Crippen molar-refractivity contribution in [2.24, 2.45) is 4.99 Å². The van der Waals surface area contributed by atoms with E-state index in [1.807, 2.05) is 6.21 Å². The maximum Gasteiger partial charge on any atom is 0.0660 e. The van der Waals surface area contributed by atoms with Gasteiger partial charge in [0, 0.05) is 42.3 Å². The van der Waals surface area contributed by atoms with Crippen LogP contribution < -0.4 is 5.32 Å². The number of anilines is 1. The van der Waals surface area contributed by atoms with E-state index in [9.17, 15) is 0 Å². The highest BCUT2D eigenvalue weighted by Gasteiger charge is 2.24. The summed E-state index contributed by atoms with van der Waals surface area (Å²) in [6, 6.07) is 15.6. The van der Waals surface area contributed by atoms with Crippen LogP contribution in [0.1, 0.15) is 29.5 Å². The van der Waals surface area contributed by atoms with Crippen LogP contribution >= 0.6 is 15.9 Å². The molecule has 0 aliphatic carbocycles. The number of likely N-dealkylation sites (tertiary alicyclic amines) is 1. The van der Waals surface area contributed by atoms with Crippen LogP contribution in [-0.4, -0.2) is 44.0 Å². The van der Waals surface area contributed by atoms with Gasteiger partial charge in [0.25, 0.3) is 0 Å². The third kappa shape index (κ3) is 4.54. The molecule has 2 aromatic rings. The number of rotatable bonds is 6. The highest BCUT2D eigenvalue weighted by Crippen LogP contribution is 2.26. The highest BCUT2D eigenvalue weighted by molar-refractivity contribution is 9.10. The van der Waals surface area contributed by atoms with E-state index >= 15 is 0 Å². The number of nitrogens with zero attached hydrogens (tertiary/aromatic N) is 2. The molecule has 2 heterocycles. The fourth-order valence-electron chi connectivity index (χ4n) is 3.97. The fraction of sp³-hybridized carbons (Fsp3) is 0.348. The zero-order valence-electron chi connectivity index (χ0n) is 16.2. The smallest absolute Gasteiger partial charge is 0.0660 e. The summed E-state index contributed by atoms with van der Waals surface area (Å²) in [5.41, 5.74) is 6.03. The van der Waals surface area contributed by atoms with Gasteiger partial charge in [-0.3, -0.25) is 9.89 Å². The molecular formula is C23H26BrN3O. The van der Waals surface area contributed by atoms with Crippen LogP contribution in [0.25, 0.3) is 5.57 Å². The second-order valence-corrected chi connectivity index (χ2v) is 8.35. The van der Waals surface area contributed by atoms with Crippen molar-refractivity contribution in [2.45, 2.75) is 25.4 Å². The van der Waals surface area contributed by atoms with E-state index in [4.69, 9.17) is 4.74 Å². The number of nitrogens with one attached hydrogen (secondary N) is 1. The van der Waals surface area contributed by atoms with Gasteiger partial charge in [-0.1, -0.05) is 34.1 Å². The van der Waals surface area contributed by atoms with Gasteiger partial charge in [0.2, 0.25) is 0 Å². The third-order valence-electron chi connectivity index (χ3n) is 5.46. The molecule has 1 N–H and O–H groups in total. The van der Waals surface area contributed by atoms with Crippen molar-refractivity contribution < 1.29 is 4.74 Å². The number of halogens is 1. The zero-order valence-corrected chi connectivity index (χ0v) is 17.8. The van der Waals surface area contributed by atoms with Gasteiger partial charge in [-0.2, -0.15) is 0 Å². The van der Waals surface area contributed by atoms with Crippen LogP contribution in [0.15, 0.2) is 58.1 Å². The molecular weight excluding hydrogens is 414 g/mol. The quantitative estimate of drug-likeness (QED) is 0.691. The number of ether oxygens (including phenoxy) is 1. The second-order valence-electron chi connectivity index (χ2n) is 7.43. The number of hydrogen-bond donors (Lipinski definition) is 1. The maximum atomic E-state index is 5.36. The minimum absolute atomic E-state index is 0.554. The minimum atomic E-state index is 0.554. The van der Waals surface area contributed by atoms with E-state index in [0.29, 0.717) is 12.6 Å². The summed E-state index contributed by atoms with van der Waals surface area (Å²) in [5.74, 6) is 0. The summed E-state index contributed by atoms with van der Waals surface area (Å²) >= 11 is 3.57. The first kappa shape index (κ1) is 19.4. The van der Waals surface area contributed by atoms with Gasteiger partial charge in [0.15, 0.2) is 0 Å². The van der Waals surface area contributed by atoms with E-state index in [1.54, 1.807) is 7.11 Å². The largest absolute Gasteiger partial charge is 0.383 e. The number of methoxy groups -OCH3 is 1. The molecule has 1 saturated heterocycles. The summed E-state index contributed by atoms with van der Waals surface area (Å²) in [5, 5.41) is 3.44. The molecule has 0 radical (unpaired) electrons.